The molecule has 5 rings (SSSR count). The minimum Gasteiger partial charge on any atom is -0.334 e. The van der Waals surface area contributed by atoms with Gasteiger partial charge in [0.15, 0.2) is 0 Å². The van der Waals surface area contributed by atoms with E-state index in [0.717, 1.165) is 35.1 Å². The summed E-state index contributed by atoms with van der Waals surface area (Å²) in [6.45, 7) is 7.37. The van der Waals surface area contributed by atoms with Crippen LogP contribution in [0.1, 0.15) is 58.2 Å². The number of imidazole rings is 1. The maximum Gasteiger partial charge on any atom is 0.275 e. The highest BCUT2D eigenvalue weighted by atomic mass is 16.2. The number of amides is 2. The summed E-state index contributed by atoms with van der Waals surface area (Å²) in [6, 6.07) is 13.1. The maximum absolute atomic E-state index is 13.2. The largest absolute Gasteiger partial charge is 0.334 e. The Bertz CT molecular complexity index is 1430. The van der Waals surface area contributed by atoms with Crippen molar-refractivity contribution in [2.45, 2.75) is 52.6 Å². The molecular formula is C28H30N6O2. The molecule has 4 aromatic rings. The fraction of sp³-hybridized carbons (Fsp3) is 0.321. The lowest BCUT2D eigenvalue weighted by molar-refractivity contribution is -0.132. The van der Waals surface area contributed by atoms with Crippen LogP contribution in [-0.4, -0.2) is 42.8 Å². The van der Waals surface area contributed by atoms with Crippen LogP contribution < -0.4 is 5.32 Å². The van der Waals surface area contributed by atoms with Gasteiger partial charge in [-0.1, -0.05) is 12.1 Å². The zero-order chi connectivity index (χ0) is 25.2. The van der Waals surface area contributed by atoms with Gasteiger partial charge in [0.25, 0.3) is 5.91 Å². The van der Waals surface area contributed by atoms with Gasteiger partial charge in [0, 0.05) is 25.7 Å². The van der Waals surface area contributed by atoms with Gasteiger partial charge in [-0.05, 0) is 80.6 Å². The molecule has 1 aromatic carbocycles. The van der Waals surface area contributed by atoms with Crippen LogP contribution in [0, 0.1) is 20.8 Å². The Morgan fingerprint density at radius 1 is 1.06 bits per heavy atom. The number of nitrogens with zero attached hydrogens (tertiary/aromatic N) is 5. The van der Waals surface area contributed by atoms with Gasteiger partial charge in [0.1, 0.15) is 11.5 Å². The van der Waals surface area contributed by atoms with Crippen LogP contribution in [0.25, 0.3) is 11.0 Å². The molecule has 0 bridgehead atoms. The number of aryl methyl sites for hydroxylation is 4. The summed E-state index contributed by atoms with van der Waals surface area (Å²) in [5.41, 5.74) is 6.49. The van der Waals surface area contributed by atoms with E-state index in [-0.39, 0.29) is 17.9 Å². The predicted molar refractivity (Wildman–Crippen MR) is 139 cm³/mol. The van der Waals surface area contributed by atoms with E-state index in [2.05, 4.69) is 46.2 Å². The van der Waals surface area contributed by atoms with Gasteiger partial charge in [0.2, 0.25) is 5.91 Å². The van der Waals surface area contributed by atoms with Crippen molar-refractivity contribution in [2.24, 2.45) is 0 Å². The highest BCUT2D eigenvalue weighted by molar-refractivity contribution is 6.02. The molecule has 36 heavy (non-hydrogen) atoms. The Labute approximate surface area is 210 Å². The number of anilines is 1. The molecule has 3 aromatic heterocycles. The molecule has 1 atom stereocenters. The number of benzene rings is 1. The molecule has 0 saturated carbocycles. The number of pyridine rings is 2. The minimum atomic E-state index is -0.318. The van der Waals surface area contributed by atoms with E-state index in [1.165, 1.54) is 11.1 Å². The molecule has 8 heteroatoms. The van der Waals surface area contributed by atoms with Crippen LogP contribution in [0.3, 0.4) is 0 Å². The minimum absolute atomic E-state index is 0.0868. The van der Waals surface area contributed by atoms with Crippen LogP contribution in [0.15, 0.2) is 55.0 Å². The third kappa shape index (κ3) is 4.84. The molecule has 2 amide bonds. The Hall–Kier alpha value is -4.07. The molecule has 1 aliphatic rings. The summed E-state index contributed by atoms with van der Waals surface area (Å²) < 4.78 is 2.05. The lowest BCUT2D eigenvalue weighted by Crippen LogP contribution is -2.31. The predicted octanol–water partition coefficient (Wildman–Crippen LogP) is 4.76. The quantitative estimate of drug-likeness (QED) is 0.428. The van der Waals surface area contributed by atoms with E-state index in [1.807, 2.05) is 40.9 Å². The van der Waals surface area contributed by atoms with Gasteiger partial charge in [-0.25, -0.2) is 15.0 Å². The van der Waals surface area contributed by atoms with Crippen LogP contribution in [0.5, 0.6) is 0 Å². The summed E-state index contributed by atoms with van der Waals surface area (Å²) in [4.78, 5) is 41.3. The molecule has 1 fully saturated rings. The molecule has 184 valence electrons. The second-order valence-electron chi connectivity index (χ2n) is 9.48. The molecule has 1 aliphatic heterocycles. The molecule has 1 N–H and O–H groups in total. The van der Waals surface area contributed by atoms with Crippen molar-refractivity contribution >= 4 is 28.7 Å². The van der Waals surface area contributed by atoms with E-state index in [9.17, 15) is 9.59 Å². The molecule has 4 heterocycles. The number of carbonyl (C=O) groups is 2. The number of hydrogen-bond donors (Lipinski definition) is 1. The second-order valence-corrected chi connectivity index (χ2v) is 9.48. The Morgan fingerprint density at radius 2 is 1.89 bits per heavy atom. The number of hydrogen-bond acceptors (Lipinski definition) is 5. The topological polar surface area (TPSA) is 93.0 Å². The molecule has 0 aliphatic carbocycles. The smallest absolute Gasteiger partial charge is 0.275 e. The van der Waals surface area contributed by atoms with Crippen LogP contribution in [0.2, 0.25) is 0 Å². The third-order valence-corrected chi connectivity index (χ3v) is 6.87. The number of carbonyl (C=O) groups excluding carboxylic acids is 2. The number of aromatic nitrogens is 4. The Balaban J connectivity index is 1.27. The SMILES string of the molecule is Cc1ccc(NC(=O)c2cccc([C@@H]3CCCN3C(=O)CCn3cnc4cc(C)c(C)cc43)n2)nc1. The summed E-state index contributed by atoms with van der Waals surface area (Å²) in [7, 11) is 0. The molecule has 0 spiro atoms. The number of likely N-dealkylation sites (tertiary alicyclic amines) is 1. The fourth-order valence-electron chi connectivity index (χ4n) is 4.71. The number of rotatable bonds is 6. The van der Waals surface area contributed by atoms with Crippen molar-refractivity contribution in [3.63, 3.8) is 0 Å². The van der Waals surface area contributed by atoms with Crippen LogP contribution >= 0.6 is 0 Å². The first-order valence-electron chi connectivity index (χ1n) is 12.3. The molecular weight excluding hydrogens is 452 g/mol. The van der Waals surface area contributed by atoms with Crippen molar-refractivity contribution in [3.05, 3.63) is 83.1 Å². The molecule has 1 saturated heterocycles. The van der Waals surface area contributed by atoms with E-state index >= 15 is 0 Å². The monoisotopic (exact) mass is 482 g/mol. The lowest BCUT2D eigenvalue weighted by atomic mass is 10.1. The van der Waals surface area contributed by atoms with Gasteiger partial charge in [-0.3, -0.25) is 9.59 Å². The van der Waals surface area contributed by atoms with Gasteiger partial charge in [0.05, 0.1) is 29.1 Å². The highest BCUT2D eigenvalue weighted by Crippen LogP contribution is 2.31. The lowest BCUT2D eigenvalue weighted by Gasteiger charge is -2.25. The molecule has 0 radical (unpaired) electrons. The number of nitrogens with one attached hydrogen (secondary N) is 1. The maximum atomic E-state index is 13.2. The normalized spacial score (nSPS) is 15.4. The summed E-state index contributed by atoms with van der Waals surface area (Å²) in [6.07, 6.45) is 5.64. The number of fused-ring (bicyclic) bond motifs is 1. The standard InChI is InChI=1S/C28H30N6O2/c1-18-9-10-26(29-16-18)32-28(36)22-7-4-6-21(31-22)24-8-5-12-34(24)27(35)11-13-33-17-30-23-14-19(2)20(3)15-25(23)33/h4,6-7,9-10,14-17,24H,5,8,11-13H2,1-3H3,(H,29,32,36)/t24-/m0/s1. The molecule has 0 unspecified atom stereocenters. The summed E-state index contributed by atoms with van der Waals surface area (Å²) in [5, 5.41) is 2.79. The zero-order valence-corrected chi connectivity index (χ0v) is 20.9. The first kappa shape index (κ1) is 23.7. The second kappa shape index (κ2) is 9.89. The zero-order valence-electron chi connectivity index (χ0n) is 20.9. The van der Waals surface area contributed by atoms with Crippen molar-refractivity contribution in [1.82, 2.24) is 24.4 Å². The first-order valence-corrected chi connectivity index (χ1v) is 12.3. The average Bonchev–Trinajstić information content (AvgIpc) is 3.52. The third-order valence-electron chi connectivity index (χ3n) is 6.87. The summed E-state index contributed by atoms with van der Waals surface area (Å²) in [5.74, 6) is 0.248. The van der Waals surface area contributed by atoms with E-state index in [1.54, 1.807) is 18.3 Å². The van der Waals surface area contributed by atoms with Crippen LogP contribution in [0.4, 0.5) is 5.82 Å². The summed E-state index contributed by atoms with van der Waals surface area (Å²) >= 11 is 0. The van der Waals surface area contributed by atoms with Gasteiger partial charge in [-0.15, -0.1) is 0 Å². The van der Waals surface area contributed by atoms with Gasteiger partial charge < -0.3 is 14.8 Å². The highest BCUT2D eigenvalue weighted by Gasteiger charge is 2.31. The van der Waals surface area contributed by atoms with Gasteiger partial charge in [-0.2, -0.15) is 0 Å². The molecule has 8 nitrogen and oxygen atoms in total. The van der Waals surface area contributed by atoms with Crippen molar-refractivity contribution in [3.8, 4) is 0 Å². The van der Waals surface area contributed by atoms with E-state index in [0.29, 0.717) is 31.0 Å². The van der Waals surface area contributed by atoms with Crippen molar-refractivity contribution in [1.29, 1.82) is 0 Å². The van der Waals surface area contributed by atoms with Crippen molar-refractivity contribution < 1.29 is 9.59 Å². The first-order chi connectivity index (χ1) is 17.4. The fourth-order valence-corrected chi connectivity index (χ4v) is 4.71. The Kier molecular flexibility index (Phi) is 6.50. The average molecular weight is 483 g/mol. The van der Waals surface area contributed by atoms with E-state index < -0.39 is 0 Å². The van der Waals surface area contributed by atoms with Crippen LogP contribution in [-0.2, 0) is 11.3 Å². The van der Waals surface area contributed by atoms with Gasteiger partial charge >= 0.3 is 0 Å². The van der Waals surface area contributed by atoms with E-state index in [4.69, 9.17) is 0 Å². The van der Waals surface area contributed by atoms with Crippen molar-refractivity contribution in [2.75, 3.05) is 11.9 Å². The Morgan fingerprint density at radius 3 is 2.69 bits per heavy atom.